The molecule has 0 bridgehead atoms. The lowest BCUT2D eigenvalue weighted by molar-refractivity contribution is 0.423. The van der Waals surface area contributed by atoms with Crippen molar-refractivity contribution in [1.82, 2.24) is 15.5 Å². The molecule has 1 N–H and O–H groups in total. The van der Waals surface area contributed by atoms with Gasteiger partial charge in [0.1, 0.15) is 15.8 Å². The maximum atomic E-state index is 13.2. The molecule has 0 saturated heterocycles. The third-order valence-corrected chi connectivity index (χ3v) is 3.61. The zero-order valence-electron chi connectivity index (χ0n) is 11.6. The summed E-state index contributed by atoms with van der Waals surface area (Å²) in [4.78, 5) is 0. The number of hydrogen-bond donors (Lipinski definition) is 1. The smallest absolute Gasteiger partial charge is 0.147 e. The lowest BCUT2D eigenvalue weighted by Crippen LogP contribution is -2.35. The summed E-state index contributed by atoms with van der Waals surface area (Å²) in [7, 11) is 0. The van der Waals surface area contributed by atoms with Crippen LogP contribution >= 0.6 is 11.3 Å². The van der Waals surface area contributed by atoms with Crippen molar-refractivity contribution in [3.8, 4) is 10.6 Å². The van der Waals surface area contributed by atoms with Crippen LogP contribution in [0.15, 0.2) is 18.2 Å². The first-order valence-electron chi connectivity index (χ1n) is 6.19. The minimum absolute atomic E-state index is 0.0539. The average Bonchev–Trinajstić information content (AvgIpc) is 2.78. The molecule has 0 atom stereocenters. The van der Waals surface area contributed by atoms with E-state index in [4.69, 9.17) is 0 Å². The van der Waals surface area contributed by atoms with E-state index in [0.29, 0.717) is 12.1 Å². The SMILES string of the molecule is Cc1cc(-c2nnc(CNC(C)(C)C)s2)ccc1F. The van der Waals surface area contributed by atoms with Crippen molar-refractivity contribution in [2.45, 2.75) is 39.8 Å². The van der Waals surface area contributed by atoms with Gasteiger partial charge in [0.05, 0.1) is 6.54 Å². The van der Waals surface area contributed by atoms with Crippen molar-refractivity contribution in [3.63, 3.8) is 0 Å². The van der Waals surface area contributed by atoms with Gasteiger partial charge in [-0.1, -0.05) is 11.3 Å². The Morgan fingerprint density at radius 1 is 1.26 bits per heavy atom. The molecule has 3 nitrogen and oxygen atoms in total. The highest BCUT2D eigenvalue weighted by molar-refractivity contribution is 7.14. The Hall–Kier alpha value is -1.33. The van der Waals surface area contributed by atoms with Gasteiger partial charge in [-0.15, -0.1) is 10.2 Å². The summed E-state index contributed by atoms with van der Waals surface area (Å²) in [5, 5.41) is 13.5. The maximum absolute atomic E-state index is 13.2. The van der Waals surface area contributed by atoms with E-state index in [-0.39, 0.29) is 11.4 Å². The predicted molar refractivity (Wildman–Crippen MR) is 76.6 cm³/mol. The molecule has 5 heteroatoms. The quantitative estimate of drug-likeness (QED) is 0.934. The largest absolute Gasteiger partial charge is 0.306 e. The molecular weight excluding hydrogens is 261 g/mol. The normalized spacial score (nSPS) is 11.8. The summed E-state index contributed by atoms with van der Waals surface area (Å²) in [6, 6.07) is 5.01. The number of halogens is 1. The van der Waals surface area contributed by atoms with Crippen molar-refractivity contribution < 1.29 is 4.39 Å². The lowest BCUT2D eigenvalue weighted by Gasteiger charge is -2.19. The molecule has 2 rings (SSSR count). The zero-order valence-corrected chi connectivity index (χ0v) is 12.4. The van der Waals surface area contributed by atoms with Crippen molar-refractivity contribution in [2.24, 2.45) is 0 Å². The van der Waals surface area contributed by atoms with Crippen LogP contribution in [0.2, 0.25) is 0 Å². The molecule has 2 aromatic rings. The molecule has 1 aromatic heterocycles. The van der Waals surface area contributed by atoms with Gasteiger partial charge >= 0.3 is 0 Å². The number of rotatable bonds is 3. The zero-order chi connectivity index (χ0) is 14.0. The summed E-state index contributed by atoms with van der Waals surface area (Å²) < 4.78 is 13.2. The van der Waals surface area contributed by atoms with Crippen LogP contribution in [-0.4, -0.2) is 15.7 Å². The third-order valence-electron chi connectivity index (χ3n) is 2.64. The Kier molecular flexibility index (Phi) is 3.96. The van der Waals surface area contributed by atoms with Gasteiger partial charge in [0, 0.05) is 11.1 Å². The summed E-state index contributed by atoms with van der Waals surface area (Å²) in [6.45, 7) is 8.78. The molecular formula is C14H18FN3S. The van der Waals surface area contributed by atoms with Crippen LogP contribution in [0.1, 0.15) is 31.3 Å². The Morgan fingerprint density at radius 2 is 2.00 bits per heavy atom. The summed E-state index contributed by atoms with van der Waals surface area (Å²) in [5.41, 5.74) is 1.60. The van der Waals surface area contributed by atoms with Gasteiger partial charge in [-0.2, -0.15) is 0 Å². The monoisotopic (exact) mass is 279 g/mol. The van der Waals surface area contributed by atoms with Gasteiger partial charge in [-0.05, 0) is 51.5 Å². The van der Waals surface area contributed by atoms with E-state index < -0.39 is 0 Å². The van der Waals surface area contributed by atoms with Crippen LogP contribution in [0.25, 0.3) is 10.6 Å². The lowest BCUT2D eigenvalue weighted by atomic mass is 10.1. The van der Waals surface area contributed by atoms with E-state index in [9.17, 15) is 4.39 Å². The Morgan fingerprint density at radius 3 is 2.63 bits per heavy atom. The number of nitrogens with one attached hydrogen (secondary N) is 1. The van der Waals surface area contributed by atoms with Gasteiger partial charge in [0.2, 0.25) is 0 Å². The van der Waals surface area contributed by atoms with Crippen molar-refractivity contribution >= 4 is 11.3 Å². The summed E-state index contributed by atoms with van der Waals surface area (Å²) in [5.74, 6) is -0.192. The molecule has 102 valence electrons. The van der Waals surface area contributed by atoms with Crippen LogP contribution in [0.5, 0.6) is 0 Å². The minimum Gasteiger partial charge on any atom is -0.306 e. The fourth-order valence-electron chi connectivity index (χ4n) is 1.56. The maximum Gasteiger partial charge on any atom is 0.147 e. The Balaban J connectivity index is 2.14. The van der Waals surface area contributed by atoms with Crippen molar-refractivity contribution in [2.75, 3.05) is 0 Å². The first kappa shape index (κ1) is 14.1. The first-order valence-corrected chi connectivity index (χ1v) is 7.01. The van der Waals surface area contributed by atoms with Crippen molar-refractivity contribution in [1.29, 1.82) is 0 Å². The highest BCUT2D eigenvalue weighted by Gasteiger charge is 2.12. The topological polar surface area (TPSA) is 37.8 Å². The van der Waals surface area contributed by atoms with Crippen molar-refractivity contribution in [3.05, 3.63) is 34.6 Å². The van der Waals surface area contributed by atoms with Crippen LogP contribution in [0.3, 0.4) is 0 Å². The fourth-order valence-corrected chi connectivity index (χ4v) is 2.34. The molecule has 0 fully saturated rings. The second kappa shape index (κ2) is 5.35. The van der Waals surface area contributed by atoms with E-state index >= 15 is 0 Å². The van der Waals surface area contributed by atoms with Gasteiger partial charge in [-0.25, -0.2) is 4.39 Å². The van der Waals surface area contributed by atoms with Crippen LogP contribution in [-0.2, 0) is 6.54 Å². The number of aryl methyl sites for hydroxylation is 1. The molecule has 0 saturated carbocycles. The molecule has 0 spiro atoms. The molecule has 0 unspecified atom stereocenters. The van der Waals surface area contributed by atoms with Gasteiger partial charge < -0.3 is 5.32 Å². The first-order chi connectivity index (χ1) is 8.85. The molecule has 0 aliphatic rings. The van der Waals surface area contributed by atoms with E-state index in [1.807, 2.05) is 0 Å². The van der Waals surface area contributed by atoms with E-state index in [0.717, 1.165) is 15.6 Å². The Labute approximate surface area is 116 Å². The Bertz CT molecular complexity index is 572. The molecule has 1 heterocycles. The number of aromatic nitrogens is 2. The highest BCUT2D eigenvalue weighted by Crippen LogP contribution is 2.25. The second-order valence-electron chi connectivity index (χ2n) is 5.57. The van der Waals surface area contributed by atoms with Crippen LogP contribution < -0.4 is 5.32 Å². The summed E-state index contributed by atoms with van der Waals surface area (Å²) >= 11 is 1.53. The molecule has 19 heavy (non-hydrogen) atoms. The molecule has 0 amide bonds. The molecule has 1 aromatic carbocycles. The second-order valence-corrected chi connectivity index (χ2v) is 6.63. The van der Waals surface area contributed by atoms with E-state index in [2.05, 4.69) is 36.3 Å². The number of benzene rings is 1. The van der Waals surface area contributed by atoms with E-state index in [1.165, 1.54) is 17.4 Å². The standard InChI is InChI=1S/C14H18FN3S/c1-9-7-10(5-6-11(9)15)13-18-17-12(19-13)8-16-14(2,3)4/h5-7,16H,8H2,1-4H3. The molecule has 0 radical (unpaired) electrons. The van der Waals surface area contributed by atoms with Gasteiger partial charge in [0.15, 0.2) is 0 Å². The minimum atomic E-state index is -0.192. The van der Waals surface area contributed by atoms with Gasteiger partial charge in [-0.3, -0.25) is 0 Å². The molecule has 0 aliphatic heterocycles. The van der Waals surface area contributed by atoms with E-state index in [1.54, 1.807) is 19.1 Å². The predicted octanol–water partition coefficient (Wildman–Crippen LogP) is 3.54. The average molecular weight is 279 g/mol. The van der Waals surface area contributed by atoms with Crippen LogP contribution in [0, 0.1) is 12.7 Å². The van der Waals surface area contributed by atoms with Gasteiger partial charge in [0.25, 0.3) is 0 Å². The fraction of sp³-hybridized carbons (Fsp3) is 0.429. The number of nitrogens with zero attached hydrogens (tertiary/aromatic N) is 2. The van der Waals surface area contributed by atoms with Crippen LogP contribution in [0.4, 0.5) is 4.39 Å². The highest BCUT2D eigenvalue weighted by atomic mass is 32.1. The number of hydrogen-bond acceptors (Lipinski definition) is 4. The summed E-state index contributed by atoms with van der Waals surface area (Å²) in [6.07, 6.45) is 0. The third kappa shape index (κ3) is 3.81. The molecule has 0 aliphatic carbocycles.